The van der Waals surface area contributed by atoms with Crippen LogP contribution in [0.25, 0.3) is 10.2 Å². The van der Waals surface area contributed by atoms with Crippen molar-refractivity contribution in [3.05, 3.63) is 29.3 Å². The molecule has 0 bridgehead atoms. The van der Waals surface area contributed by atoms with Crippen molar-refractivity contribution in [2.45, 2.75) is 31.4 Å². The minimum atomic E-state index is -0.887. The highest BCUT2D eigenvalue weighted by atomic mass is 32.1. The highest BCUT2D eigenvalue weighted by Gasteiger charge is 2.29. The first-order valence-corrected chi connectivity index (χ1v) is 7.90. The van der Waals surface area contributed by atoms with E-state index in [1.807, 2.05) is 18.2 Å². The van der Waals surface area contributed by atoms with Crippen LogP contribution in [0.2, 0.25) is 0 Å². The van der Waals surface area contributed by atoms with Gasteiger partial charge in [0, 0.05) is 6.54 Å². The van der Waals surface area contributed by atoms with Gasteiger partial charge in [0.15, 0.2) is 0 Å². The summed E-state index contributed by atoms with van der Waals surface area (Å²) in [6.45, 7) is 2.47. The molecule has 0 spiro atoms. The molecule has 3 rings (SSSR count). The highest BCUT2D eigenvalue weighted by molar-refractivity contribution is 7.18. The quantitative estimate of drug-likeness (QED) is 0.908. The van der Waals surface area contributed by atoms with Gasteiger partial charge < -0.3 is 10.2 Å². The molecule has 1 aliphatic heterocycles. The fourth-order valence-electron chi connectivity index (χ4n) is 2.73. The number of hydrogen-bond donors (Lipinski definition) is 2. The van der Waals surface area contributed by atoms with Crippen LogP contribution in [0.4, 0.5) is 0 Å². The number of aliphatic hydroxyl groups is 2. The number of thiazole rings is 1. The van der Waals surface area contributed by atoms with Gasteiger partial charge in [0.25, 0.3) is 0 Å². The van der Waals surface area contributed by atoms with Crippen molar-refractivity contribution in [3.8, 4) is 0 Å². The highest BCUT2D eigenvalue weighted by Crippen LogP contribution is 2.26. The molecule has 2 N–H and O–H groups in total. The van der Waals surface area contributed by atoms with Crippen LogP contribution in [0, 0.1) is 0 Å². The van der Waals surface area contributed by atoms with Gasteiger partial charge in [0.2, 0.25) is 0 Å². The third-order valence-electron chi connectivity index (χ3n) is 4.00. The van der Waals surface area contributed by atoms with Gasteiger partial charge in [-0.1, -0.05) is 12.1 Å². The first-order valence-electron chi connectivity index (χ1n) is 7.09. The molecule has 5 heteroatoms. The number of aliphatic hydroxyl groups excluding tert-OH is 1. The molecule has 0 unspecified atom stereocenters. The van der Waals surface area contributed by atoms with Gasteiger partial charge in [0.1, 0.15) is 5.01 Å². The van der Waals surface area contributed by atoms with Crippen molar-refractivity contribution in [1.82, 2.24) is 9.88 Å². The zero-order chi connectivity index (χ0) is 14.0. The Balaban J connectivity index is 1.68. The SMILES string of the molecule is OC[C@]1(O)CCCN(Cc2nc3ccccc3s2)CC1. The average Bonchev–Trinajstić information content (AvgIpc) is 2.77. The molecular weight excluding hydrogens is 272 g/mol. The van der Waals surface area contributed by atoms with E-state index in [-0.39, 0.29) is 6.61 Å². The van der Waals surface area contributed by atoms with E-state index in [0.717, 1.165) is 36.6 Å². The zero-order valence-corrected chi connectivity index (χ0v) is 12.3. The maximum atomic E-state index is 10.2. The van der Waals surface area contributed by atoms with Crippen molar-refractivity contribution in [3.63, 3.8) is 0 Å². The molecule has 1 aromatic heterocycles. The smallest absolute Gasteiger partial charge is 0.108 e. The fourth-order valence-corrected chi connectivity index (χ4v) is 3.74. The molecule has 108 valence electrons. The van der Waals surface area contributed by atoms with Crippen LogP contribution in [0.5, 0.6) is 0 Å². The van der Waals surface area contributed by atoms with E-state index in [0.29, 0.717) is 12.8 Å². The molecule has 2 heterocycles. The van der Waals surface area contributed by atoms with Crippen molar-refractivity contribution in [1.29, 1.82) is 0 Å². The second-order valence-corrected chi connectivity index (χ2v) is 6.70. The first-order chi connectivity index (χ1) is 9.68. The molecule has 1 aliphatic rings. The topological polar surface area (TPSA) is 56.6 Å². The summed E-state index contributed by atoms with van der Waals surface area (Å²) in [6, 6.07) is 8.20. The maximum absolute atomic E-state index is 10.2. The van der Waals surface area contributed by atoms with Crippen LogP contribution >= 0.6 is 11.3 Å². The van der Waals surface area contributed by atoms with Crippen LogP contribution in [-0.2, 0) is 6.54 Å². The average molecular weight is 292 g/mol. The summed E-state index contributed by atoms with van der Waals surface area (Å²) in [5, 5.41) is 20.6. The summed E-state index contributed by atoms with van der Waals surface area (Å²) >= 11 is 1.74. The number of hydrogen-bond acceptors (Lipinski definition) is 5. The standard InChI is InChI=1S/C15H20N2O2S/c18-11-15(19)6-3-8-17(9-7-15)10-14-16-12-4-1-2-5-13(12)20-14/h1-2,4-5,18-19H,3,6-11H2/t15-/m0/s1. The molecule has 0 saturated carbocycles. The Morgan fingerprint density at radius 3 is 2.90 bits per heavy atom. The Morgan fingerprint density at radius 2 is 2.10 bits per heavy atom. The van der Waals surface area contributed by atoms with E-state index in [1.54, 1.807) is 11.3 Å². The van der Waals surface area contributed by atoms with Gasteiger partial charge in [-0.05, 0) is 37.9 Å². The number of para-hydroxylation sites is 1. The van der Waals surface area contributed by atoms with Gasteiger partial charge >= 0.3 is 0 Å². The zero-order valence-electron chi connectivity index (χ0n) is 11.5. The number of fused-ring (bicyclic) bond motifs is 1. The van der Waals surface area contributed by atoms with Crippen LogP contribution in [0.1, 0.15) is 24.3 Å². The van der Waals surface area contributed by atoms with E-state index >= 15 is 0 Å². The summed E-state index contributed by atoms with van der Waals surface area (Å²) in [4.78, 5) is 6.98. The molecule has 1 aromatic carbocycles. The number of rotatable bonds is 3. The van der Waals surface area contributed by atoms with Crippen molar-refractivity contribution in [2.24, 2.45) is 0 Å². The lowest BCUT2D eigenvalue weighted by Gasteiger charge is -2.24. The second kappa shape index (κ2) is 5.77. The number of aromatic nitrogens is 1. The summed E-state index contributed by atoms with van der Waals surface area (Å²) in [6.07, 6.45) is 2.23. The van der Waals surface area contributed by atoms with E-state index in [4.69, 9.17) is 0 Å². The lowest BCUT2D eigenvalue weighted by atomic mass is 9.96. The summed E-state index contributed by atoms with van der Waals surface area (Å²) in [7, 11) is 0. The molecule has 0 aliphatic carbocycles. The molecule has 4 nitrogen and oxygen atoms in total. The lowest BCUT2D eigenvalue weighted by molar-refractivity contribution is -0.0255. The third-order valence-corrected chi connectivity index (χ3v) is 5.02. The number of benzene rings is 1. The van der Waals surface area contributed by atoms with E-state index < -0.39 is 5.60 Å². The fraction of sp³-hybridized carbons (Fsp3) is 0.533. The lowest BCUT2D eigenvalue weighted by Crippen LogP contribution is -2.34. The van der Waals surface area contributed by atoms with Crippen LogP contribution in [-0.4, -0.2) is 45.4 Å². The van der Waals surface area contributed by atoms with Gasteiger partial charge in [0.05, 0.1) is 29.0 Å². The van der Waals surface area contributed by atoms with Gasteiger partial charge in [-0.15, -0.1) is 11.3 Å². The predicted octanol–water partition coefficient (Wildman–Crippen LogP) is 2.01. The minimum absolute atomic E-state index is 0.137. The van der Waals surface area contributed by atoms with Crippen LogP contribution in [0.15, 0.2) is 24.3 Å². The normalized spacial score (nSPS) is 24.9. The number of likely N-dealkylation sites (tertiary alicyclic amines) is 1. The van der Waals surface area contributed by atoms with Crippen LogP contribution in [0.3, 0.4) is 0 Å². The summed E-state index contributed by atoms with van der Waals surface area (Å²) in [5.41, 5.74) is 0.177. The third kappa shape index (κ3) is 3.01. The molecule has 1 atom stereocenters. The van der Waals surface area contributed by atoms with E-state index in [1.165, 1.54) is 4.70 Å². The maximum Gasteiger partial charge on any atom is 0.108 e. The minimum Gasteiger partial charge on any atom is -0.393 e. The largest absolute Gasteiger partial charge is 0.393 e. The predicted molar refractivity (Wildman–Crippen MR) is 80.8 cm³/mol. The molecule has 1 saturated heterocycles. The second-order valence-electron chi connectivity index (χ2n) is 5.59. The van der Waals surface area contributed by atoms with E-state index in [9.17, 15) is 10.2 Å². The Hall–Kier alpha value is -1.01. The van der Waals surface area contributed by atoms with Crippen LogP contribution < -0.4 is 0 Å². The molecule has 0 radical (unpaired) electrons. The van der Waals surface area contributed by atoms with Gasteiger partial charge in [-0.3, -0.25) is 4.90 Å². The van der Waals surface area contributed by atoms with Crippen molar-refractivity contribution < 1.29 is 10.2 Å². The Morgan fingerprint density at radius 1 is 1.25 bits per heavy atom. The first kappa shape index (κ1) is 13.9. The van der Waals surface area contributed by atoms with Crippen molar-refractivity contribution in [2.75, 3.05) is 19.7 Å². The van der Waals surface area contributed by atoms with Gasteiger partial charge in [-0.25, -0.2) is 4.98 Å². The molecule has 2 aromatic rings. The van der Waals surface area contributed by atoms with Crippen molar-refractivity contribution >= 4 is 21.6 Å². The Kier molecular flexibility index (Phi) is 4.03. The molecule has 1 fully saturated rings. The Bertz CT molecular complexity index is 553. The molecule has 20 heavy (non-hydrogen) atoms. The monoisotopic (exact) mass is 292 g/mol. The van der Waals surface area contributed by atoms with Gasteiger partial charge in [-0.2, -0.15) is 0 Å². The van der Waals surface area contributed by atoms with E-state index in [2.05, 4.69) is 16.0 Å². The molecule has 0 amide bonds. The molecular formula is C15H20N2O2S. The number of nitrogens with zero attached hydrogens (tertiary/aromatic N) is 2. The summed E-state index contributed by atoms with van der Waals surface area (Å²) < 4.78 is 1.23. The summed E-state index contributed by atoms with van der Waals surface area (Å²) in [5.74, 6) is 0. The Labute approximate surface area is 122 Å².